The second-order valence-electron chi connectivity index (χ2n) is 6.49. The molecule has 6 heteroatoms. The summed E-state index contributed by atoms with van der Waals surface area (Å²) in [4.78, 5) is 4.44. The number of hydrogen-bond donors (Lipinski definition) is 2. The van der Waals surface area contributed by atoms with Crippen molar-refractivity contribution in [2.75, 3.05) is 25.1 Å². The maximum Gasteiger partial charge on any atom is 0.193 e. The number of ether oxygens (including phenoxy) is 2. The summed E-state index contributed by atoms with van der Waals surface area (Å²) in [5, 5.41) is 4.25. The zero-order valence-electron chi connectivity index (χ0n) is 15.3. The number of furan rings is 1. The van der Waals surface area contributed by atoms with Gasteiger partial charge < -0.3 is 24.9 Å². The Hall–Kier alpha value is -3.15. The van der Waals surface area contributed by atoms with Crippen molar-refractivity contribution in [3.8, 4) is 11.5 Å². The molecule has 27 heavy (non-hydrogen) atoms. The lowest BCUT2D eigenvalue weighted by atomic mass is 10.1. The second kappa shape index (κ2) is 7.61. The fourth-order valence-electron chi connectivity index (χ4n) is 3.25. The highest BCUT2D eigenvalue weighted by Gasteiger charge is 2.12. The van der Waals surface area contributed by atoms with Gasteiger partial charge in [0.2, 0.25) is 0 Å². The number of fused-ring (bicyclic) bond motifs is 2. The molecule has 0 radical (unpaired) electrons. The van der Waals surface area contributed by atoms with Crippen LogP contribution in [-0.2, 0) is 6.42 Å². The highest BCUT2D eigenvalue weighted by Crippen LogP contribution is 2.32. The van der Waals surface area contributed by atoms with E-state index in [1.807, 2.05) is 43.3 Å². The van der Waals surface area contributed by atoms with Crippen LogP contribution in [0.1, 0.15) is 17.7 Å². The molecule has 4 rings (SSSR count). The predicted octanol–water partition coefficient (Wildman–Crippen LogP) is 3.87. The van der Waals surface area contributed by atoms with Gasteiger partial charge in [-0.1, -0.05) is 18.2 Å². The van der Waals surface area contributed by atoms with Gasteiger partial charge in [-0.05, 0) is 31.5 Å². The molecule has 0 bridgehead atoms. The SMILES string of the molecule is Cc1oc2ccccc2c1CCN=C(N)Nc1ccc2c(c1)OCCCO2. The number of nitrogens with zero attached hydrogens (tertiary/aromatic N) is 1. The van der Waals surface area contributed by atoms with E-state index in [1.165, 1.54) is 5.56 Å². The van der Waals surface area contributed by atoms with Gasteiger partial charge in [-0.15, -0.1) is 0 Å². The van der Waals surface area contributed by atoms with Gasteiger partial charge >= 0.3 is 0 Å². The minimum absolute atomic E-state index is 0.370. The first-order chi connectivity index (χ1) is 13.2. The van der Waals surface area contributed by atoms with Crippen molar-refractivity contribution < 1.29 is 13.9 Å². The fraction of sp³-hybridized carbons (Fsp3) is 0.286. The maximum absolute atomic E-state index is 6.05. The molecule has 1 aliphatic heterocycles. The Balaban J connectivity index is 1.41. The van der Waals surface area contributed by atoms with Crippen molar-refractivity contribution in [3.05, 3.63) is 53.8 Å². The Labute approximate surface area is 158 Å². The van der Waals surface area contributed by atoms with E-state index in [0.717, 1.165) is 46.8 Å². The van der Waals surface area contributed by atoms with E-state index in [4.69, 9.17) is 19.6 Å². The summed E-state index contributed by atoms with van der Waals surface area (Å²) in [6.45, 7) is 3.88. The van der Waals surface area contributed by atoms with Crippen LogP contribution in [0.4, 0.5) is 5.69 Å². The van der Waals surface area contributed by atoms with E-state index in [9.17, 15) is 0 Å². The molecular formula is C21H23N3O3. The standard InChI is InChI=1S/C21H23N3O3/c1-14-16(17-5-2-3-6-18(17)27-14)9-10-23-21(22)24-15-7-8-19-20(13-15)26-12-4-11-25-19/h2-3,5-8,13H,4,9-12H2,1H3,(H3,22,23,24). The Morgan fingerprint density at radius 1 is 1.11 bits per heavy atom. The average molecular weight is 365 g/mol. The van der Waals surface area contributed by atoms with E-state index in [0.29, 0.717) is 25.7 Å². The molecule has 1 aliphatic rings. The van der Waals surface area contributed by atoms with Gasteiger partial charge in [-0.3, -0.25) is 4.99 Å². The highest BCUT2D eigenvalue weighted by molar-refractivity contribution is 5.92. The number of hydrogen-bond acceptors (Lipinski definition) is 4. The summed E-state index contributed by atoms with van der Waals surface area (Å²) in [5.74, 6) is 2.79. The lowest BCUT2D eigenvalue weighted by molar-refractivity contribution is 0.297. The molecule has 0 unspecified atom stereocenters. The van der Waals surface area contributed by atoms with Gasteiger partial charge in [0.25, 0.3) is 0 Å². The Bertz CT molecular complexity index is 978. The topological polar surface area (TPSA) is 82.0 Å². The maximum atomic E-state index is 6.05. The number of anilines is 1. The zero-order chi connectivity index (χ0) is 18.6. The first-order valence-corrected chi connectivity index (χ1v) is 9.14. The van der Waals surface area contributed by atoms with Crippen LogP contribution in [0, 0.1) is 6.92 Å². The number of aryl methyl sites for hydroxylation is 1. The first-order valence-electron chi connectivity index (χ1n) is 9.14. The van der Waals surface area contributed by atoms with E-state index in [2.05, 4.69) is 16.4 Å². The largest absolute Gasteiger partial charge is 0.490 e. The summed E-state index contributed by atoms with van der Waals surface area (Å²) in [5.41, 5.74) is 8.96. The van der Waals surface area contributed by atoms with Crippen LogP contribution in [0.15, 0.2) is 51.9 Å². The normalized spacial score (nSPS) is 14.2. The number of aliphatic imine (C=N–C) groups is 1. The number of nitrogens with two attached hydrogens (primary N) is 1. The summed E-state index contributed by atoms with van der Waals surface area (Å²) >= 11 is 0. The monoisotopic (exact) mass is 365 g/mol. The molecule has 0 atom stereocenters. The first kappa shape index (κ1) is 17.3. The minimum atomic E-state index is 0.370. The lowest BCUT2D eigenvalue weighted by Gasteiger charge is -2.10. The Morgan fingerprint density at radius 3 is 2.81 bits per heavy atom. The van der Waals surface area contributed by atoms with Crippen LogP contribution in [0.3, 0.4) is 0 Å². The quantitative estimate of drug-likeness (QED) is 0.542. The molecule has 140 valence electrons. The van der Waals surface area contributed by atoms with Crippen LogP contribution in [0.5, 0.6) is 11.5 Å². The Kier molecular flexibility index (Phi) is 4.87. The molecule has 2 aromatic carbocycles. The van der Waals surface area contributed by atoms with Crippen molar-refractivity contribution in [1.29, 1.82) is 0 Å². The van der Waals surface area contributed by atoms with Crippen molar-refractivity contribution >= 4 is 22.6 Å². The van der Waals surface area contributed by atoms with Gasteiger partial charge in [-0.25, -0.2) is 0 Å². The van der Waals surface area contributed by atoms with Gasteiger partial charge in [0.15, 0.2) is 17.5 Å². The van der Waals surface area contributed by atoms with Gasteiger partial charge in [0, 0.05) is 35.7 Å². The lowest BCUT2D eigenvalue weighted by Crippen LogP contribution is -2.23. The minimum Gasteiger partial charge on any atom is -0.490 e. The molecule has 0 saturated heterocycles. The molecule has 0 saturated carbocycles. The highest BCUT2D eigenvalue weighted by atomic mass is 16.5. The van der Waals surface area contributed by atoms with E-state index < -0.39 is 0 Å². The Morgan fingerprint density at radius 2 is 1.93 bits per heavy atom. The summed E-state index contributed by atoms with van der Waals surface area (Å²) < 4.78 is 17.1. The molecule has 0 aliphatic carbocycles. The van der Waals surface area contributed by atoms with Crippen molar-refractivity contribution in [1.82, 2.24) is 0 Å². The smallest absolute Gasteiger partial charge is 0.193 e. The predicted molar refractivity (Wildman–Crippen MR) is 107 cm³/mol. The van der Waals surface area contributed by atoms with Gasteiger partial charge in [0.1, 0.15) is 11.3 Å². The molecular weight excluding hydrogens is 342 g/mol. The van der Waals surface area contributed by atoms with Gasteiger partial charge in [-0.2, -0.15) is 0 Å². The number of para-hydroxylation sites is 1. The molecule has 6 nitrogen and oxygen atoms in total. The molecule has 0 fully saturated rings. The van der Waals surface area contributed by atoms with Crippen LogP contribution < -0.4 is 20.5 Å². The third-order valence-corrected chi connectivity index (χ3v) is 4.56. The number of nitrogens with one attached hydrogen (secondary N) is 1. The average Bonchev–Trinajstić information content (AvgIpc) is 2.83. The van der Waals surface area contributed by atoms with Crippen molar-refractivity contribution in [3.63, 3.8) is 0 Å². The van der Waals surface area contributed by atoms with Crippen LogP contribution in [-0.4, -0.2) is 25.7 Å². The third kappa shape index (κ3) is 3.84. The molecule has 0 spiro atoms. The molecule has 3 N–H and O–H groups in total. The third-order valence-electron chi connectivity index (χ3n) is 4.56. The van der Waals surface area contributed by atoms with Gasteiger partial charge in [0.05, 0.1) is 13.2 Å². The van der Waals surface area contributed by atoms with E-state index in [1.54, 1.807) is 0 Å². The van der Waals surface area contributed by atoms with E-state index in [-0.39, 0.29) is 0 Å². The molecule has 3 aromatic rings. The number of guanidine groups is 1. The van der Waals surface area contributed by atoms with Crippen LogP contribution in [0.2, 0.25) is 0 Å². The van der Waals surface area contributed by atoms with Crippen molar-refractivity contribution in [2.24, 2.45) is 10.7 Å². The summed E-state index contributed by atoms with van der Waals surface area (Å²) in [7, 11) is 0. The van der Waals surface area contributed by atoms with Crippen LogP contribution >= 0.6 is 0 Å². The summed E-state index contributed by atoms with van der Waals surface area (Å²) in [6.07, 6.45) is 1.65. The fourth-order valence-corrected chi connectivity index (χ4v) is 3.25. The number of rotatable bonds is 4. The molecule has 2 heterocycles. The second-order valence-corrected chi connectivity index (χ2v) is 6.49. The summed E-state index contributed by atoms with van der Waals surface area (Å²) in [6, 6.07) is 13.7. The van der Waals surface area contributed by atoms with Crippen LogP contribution in [0.25, 0.3) is 11.0 Å². The zero-order valence-corrected chi connectivity index (χ0v) is 15.3. The molecule has 0 amide bonds. The number of benzene rings is 2. The van der Waals surface area contributed by atoms with Crippen molar-refractivity contribution in [2.45, 2.75) is 19.8 Å². The molecule has 1 aromatic heterocycles. The van der Waals surface area contributed by atoms with E-state index >= 15 is 0 Å².